The molecule has 0 saturated heterocycles. The molecule has 3 aliphatic carbocycles. The van der Waals surface area contributed by atoms with Gasteiger partial charge in [0, 0.05) is 151 Å². The van der Waals surface area contributed by atoms with Crippen molar-refractivity contribution in [2.45, 2.75) is 77.0 Å². The van der Waals surface area contributed by atoms with E-state index in [1.807, 2.05) is 96.0 Å². The molecule has 6 aliphatic rings. The summed E-state index contributed by atoms with van der Waals surface area (Å²) in [4.78, 5) is 43.7. The predicted molar refractivity (Wildman–Crippen MR) is 314 cm³/mol. The van der Waals surface area contributed by atoms with Crippen LogP contribution in [0.25, 0.3) is 0 Å². The third kappa shape index (κ3) is 12.3. The maximum absolute atomic E-state index is 12.5. The first kappa shape index (κ1) is 56.2. The first-order chi connectivity index (χ1) is 39.2. The second-order valence-electron chi connectivity index (χ2n) is 21.6. The van der Waals surface area contributed by atoms with E-state index in [-0.39, 0.29) is 35.1 Å². The van der Waals surface area contributed by atoms with Gasteiger partial charge in [-0.05, 0) is 109 Å². The average molecular weight is 1100 g/mol. The molecule has 0 fully saturated rings. The number of carbonyl (C=O) groups excluding carboxylic acids is 3. The Hall–Kier alpha value is -8.07. The zero-order chi connectivity index (χ0) is 56.9. The monoisotopic (exact) mass is 1100 g/mol. The Morgan fingerprint density at radius 3 is 0.840 bits per heavy atom. The summed E-state index contributed by atoms with van der Waals surface area (Å²) >= 11 is 0. The van der Waals surface area contributed by atoms with Crippen molar-refractivity contribution in [2.24, 2.45) is 0 Å². The number of Topliss-reactive ketones (excluding diaryl/α,β-unsaturated/α-hetero) is 3. The number of hydrogen-bond acceptors (Lipinski definition) is 15. The minimum atomic E-state index is -0.0326. The lowest BCUT2D eigenvalue weighted by Gasteiger charge is -2.29. The SMILES string of the molecule is CCOc1cc(N(C)C)ccc1C1CC(=O)Cc2cc3c(cc21)OCCO3.CCOc1cc(N(C)C)ccc1[C@@H]1CC(=O)Cc2cc3c(cc21)OCCO3.CCOc1cc(N(C)C)ccc1[C@H]1CC(=O)Cc2cc3c(cc21)OCCO3. The Morgan fingerprint density at radius 1 is 0.358 bits per heavy atom. The van der Waals surface area contributed by atoms with Crippen molar-refractivity contribution >= 4 is 34.4 Å². The van der Waals surface area contributed by atoms with Gasteiger partial charge in [-0.3, -0.25) is 14.4 Å². The highest BCUT2D eigenvalue weighted by Crippen LogP contribution is 2.48. The second kappa shape index (κ2) is 24.7. The van der Waals surface area contributed by atoms with Crippen LogP contribution < -0.4 is 57.3 Å². The summed E-state index contributed by atoms with van der Waals surface area (Å²) in [5, 5.41) is 0. The van der Waals surface area contributed by atoms with Crippen LogP contribution in [0.5, 0.6) is 51.7 Å². The molecule has 0 amide bonds. The molecular weight excluding hydrogens is 1030 g/mol. The van der Waals surface area contributed by atoms with Gasteiger partial charge in [0.1, 0.15) is 74.2 Å². The second-order valence-corrected chi connectivity index (χ2v) is 21.6. The summed E-state index contributed by atoms with van der Waals surface area (Å²) in [5.74, 6) is 7.64. The van der Waals surface area contributed by atoms with Gasteiger partial charge in [0.2, 0.25) is 0 Å². The van der Waals surface area contributed by atoms with Crippen LogP contribution in [-0.2, 0) is 33.6 Å². The first-order valence-electron chi connectivity index (χ1n) is 28.3. The highest BCUT2D eigenvalue weighted by Gasteiger charge is 2.35. The standard InChI is InChI=1S/3C22H25NO4/c3*1-4-25-20-11-15(23(2)3)5-6-17(20)19-12-16(24)9-14-10-21-22(13-18(14)19)27-8-7-26-21/h3*5-6,10-11,13,19H,4,7-9,12H2,1-3H3/t2*19-;/m10./s1. The highest BCUT2D eigenvalue weighted by atomic mass is 16.6. The lowest BCUT2D eigenvalue weighted by molar-refractivity contribution is -0.119. The van der Waals surface area contributed by atoms with E-state index in [0.29, 0.717) is 98.0 Å². The van der Waals surface area contributed by atoms with Gasteiger partial charge in [-0.2, -0.15) is 0 Å². The maximum atomic E-state index is 12.5. The van der Waals surface area contributed by atoms with Gasteiger partial charge in [-0.25, -0.2) is 0 Å². The fourth-order valence-corrected chi connectivity index (χ4v) is 11.7. The van der Waals surface area contributed by atoms with Crippen molar-refractivity contribution in [3.05, 3.63) is 141 Å². The van der Waals surface area contributed by atoms with Gasteiger partial charge in [-0.15, -0.1) is 0 Å². The van der Waals surface area contributed by atoms with Gasteiger partial charge in [0.25, 0.3) is 0 Å². The van der Waals surface area contributed by atoms with E-state index in [4.69, 9.17) is 42.6 Å². The Morgan fingerprint density at radius 2 is 0.605 bits per heavy atom. The lowest BCUT2D eigenvalue weighted by atomic mass is 9.77. The number of ether oxygens (including phenoxy) is 9. The summed E-state index contributed by atoms with van der Waals surface area (Å²) in [7, 11) is 12.0. The smallest absolute Gasteiger partial charge is 0.161 e. The van der Waals surface area contributed by atoms with Crippen LogP contribution in [0.3, 0.4) is 0 Å². The number of fused-ring (bicyclic) bond motifs is 6. The summed E-state index contributed by atoms with van der Waals surface area (Å²) in [6, 6.07) is 30.7. The minimum absolute atomic E-state index is 0.0326. The number of nitrogens with zero attached hydrogens (tertiary/aromatic N) is 3. The molecule has 426 valence electrons. The summed E-state index contributed by atoms with van der Waals surface area (Å²) in [5.41, 5.74) is 12.9. The maximum Gasteiger partial charge on any atom is 0.161 e. The fraction of sp³-hybridized carbons (Fsp3) is 0.409. The molecule has 0 spiro atoms. The number of ketones is 3. The molecule has 81 heavy (non-hydrogen) atoms. The fourth-order valence-electron chi connectivity index (χ4n) is 11.7. The normalized spacial score (nSPS) is 18.0. The van der Waals surface area contributed by atoms with Crippen molar-refractivity contribution in [3.63, 3.8) is 0 Å². The molecule has 0 N–H and O–H groups in total. The van der Waals surface area contributed by atoms with E-state index in [9.17, 15) is 14.4 Å². The minimum Gasteiger partial charge on any atom is -0.493 e. The van der Waals surface area contributed by atoms with Gasteiger partial charge >= 0.3 is 0 Å². The summed E-state index contributed by atoms with van der Waals surface area (Å²) in [6.07, 6.45) is 2.78. The lowest BCUT2D eigenvalue weighted by Crippen LogP contribution is -2.22. The molecule has 1 unspecified atom stereocenters. The Balaban J connectivity index is 0.000000136. The molecule has 3 heterocycles. The molecule has 0 bridgehead atoms. The largest absolute Gasteiger partial charge is 0.493 e. The van der Waals surface area contributed by atoms with Crippen LogP contribution >= 0.6 is 0 Å². The van der Waals surface area contributed by atoms with Crippen LogP contribution in [0, 0.1) is 0 Å². The van der Waals surface area contributed by atoms with Gasteiger partial charge < -0.3 is 57.3 Å². The molecule has 0 radical (unpaired) electrons. The number of anilines is 3. The predicted octanol–water partition coefficient (Wildman–Crippen LogP) is 10.7. The Kier molecular flexibility index (Phi) is 17.2. The molecule has 6 aromatic carbocycles. The zero-order valence-electron chi connectivity index (χ0n) is 48.2. The van der Waals surface area contributed by atoms with E-state index < -0.39 is 0 Å². The van der Waals surface area contributed by atoms with Crippen LogP contribution in [0.4, 0.5) is 17.1 Å². The van der Waals surface area contributed by atoms with Crippen molar-refractivity contribution < 1.29 is 57.0 Å². The van der Waals surface area contributed by atoms with E-state index in [1.165, 1.54) is 0 Å². The number of carbonyl (C=O) groups is 3. The Labute approximate surface area is 475 Å². The molecule has 0 saturated carbocycles. The number of rotatable bonds is 12. The highest BCUT2D eigenvalue weighted by molar-refractivity contribution is 5.87. The van der Waals surface area contributed by atoms with Crippen LogP contribution in [0.1, 0.15) is 108 Å². The van der Waals surface area contributed by atoms with Crippen molar-refractivity contribution in [1.29, 1.82) is 0 Å². The molecule has 12 rings (SSSR count). The summed E-state index contributed by atoms with van der Waals surface area (Å²) < 4.78 is 52.3. The molecule has 3 aliphatic heterocycles. The third-order valence-electron chi connectivity index (χ3n) is 15.6. The van der Waals surface area contributed by atoms with Crippen LogP contribution in [0.2, 0.25) is 0 Å². The van der Waals surface area contributed by atoms with Gasteiger partial charge in [-0.1, -0.05) is 18.2 Å². The van der Waals surface area contributed by atoms with E-state index >= 15 is 0 Å². The van der Waals surface area contributed by atoms with E-state index in [0.717, 1.165) is 119 Å². The van der Waals surface area contributed by atoms with Crippen molar-refractivity contribution in [3.8, 4) is 51.7 Å². The topological polar surface area (TPSA) is 144 Å². The van der Waals surface area contributed by atoms with E-state index in [2.05, 4.69) is 72.8 Å². The third-order valence-corrected chi connectivity index (χ3v) is 15.6. The van der Waals surface area contributed by atoms with Crippen LogP contribution in [0.15, 0.2) is 91.0 Å². The number of hydrogen-bond donors (Lipinski definition) is 0. The summed E-state index contributed by atoms with van der Waals surface area (Å²) in [6.45, 7) is 11.0. The molecule has 15 nitrogen and oxygen atoms in total. The molecule has 3 atom stereocenters. The van der Waals surface area contributed by atoms with Gasteiger partial charge in [0.15, 0.2) is 34.5 Å². The molecular formula is C66H75N3O12. The molecule has 15 heteroatoms. The van der Waals surface area contributed by atoms with Crippen LogP contribution in [-0.4, -0.2) is 119 Å². The van der Waals surface area contributed by atoms with Crippen molar-refractivity contribution in [2.75, 3.05) is 116 Å². The van der Waals surface area contributed by atoms with E-state index in [1.54, 1.807) is 0 Å². The average Bonchev–Trinajstić information content (AvgIpc) is 3.48. The molecule has 6 aromatic rings. The Bertz CT molecular complexity index is 2970. The zero-order valence-corrected chi connectivity index (χ0v) is 48.2. The number of benzene rings is 6. The van der Waals surface area contributed by atoms with Gasteiger partial charge in [0.05, 0.1) is 19.8 Å². The quantitative estimate of drug-likeness (QED) is 0.115. The molecule has 0 aromatic heterocycles. The van der Waals surface area contributed by atoms with Crippen molar-refractivity contribution in [1.82, 2.24) is 0 Å². The first-order valence-corrected chi connectivity index (χ1v) is 28.3.